The van der Waals surface area contributed by atoms with E-state index in [1.54, 1.807) is 6.92 Å². The van der Waals surface area contributed by atoms with Gasteiger partial charge in [0.2, 0.25) is 10.0 Å². The van der Waals surface area contributed by atoms with Gasteiger partial charge in [0.15, 0.2) is 5.75 Å². The molecule has 0 bridgehead atoms. The van der Waals surface area contributed by atoms with Gasteiger partial charge in [0.25, 0.3) is 0 Å². The van der Waals surface area contributed by atoms with Gasteiger partial charge >= 0.3 is 11.9 Å². The first-order chi connectivity index (χ1) is 9.40. The van der Waals surface area contributed by atoms with Crippen molar-refractivity contribution in [3.63, 3.8) is 0 Å². The lowest BCUT2D eigenvalue weighted by molar-refractivity contribution is -0.142. The molecule has 1 atom stereocenters. The molecule has 1 unspecified atom stereocenters. The maximum absolute atomic E-state index is 12.2. The van der Waals surface area contributed by atoms with Gasteiger partial charge in [0.1, 0.15) is 0 Å². The Morgan fingerprint density at radius 2 is 1.95 bits per heavy atom. The van der Waals surface area contributed by atoms with Crippen LogP contribution in [0.1, 0.15) is 32.6 Å². The van der Waals surface area contributed by atoms with Gasteiger partial charge in [-0.1, -0.05) is 6.42 Å². The Morgan fingerprint density at radius 3 is 2.55 bits per heavy atom. The topological polar surface area (TPSA) is 90.0 Å². The van der Waals surface area contributed by atoms with Crippen LogP contribution in [0.2, 0.25) is 0 Å². The van der Waals surface area contributed by atoms with E-state index < -0.39 is 33.8 Å². The SMILES string of the molecule is CCOC(=O)CS(=O)(=O)N1CCCCC1CC(=O)OC. The van der Waals surface area contributed by atoms with Crippen molar-refractivity contribution in [3.05, 3.63) is 0 Å². The molecule has 20 heavy (non-hydrogen) atoms. The Kier molecular flexibility index (Phi) is 6.41. The van der Waals surface area contributed by atoms with Gasteiger partial charge in [-0.25, -0.2) is 8.42 Å². The number of ether oxygens (including phenoxy) is 2. The number of hydrogen-bond donors (Lipinski definition) is 0. The van der Waals surface area contributed by atoms with Crippen molar-refractivity contribution in [1.29, 1.82) is 0 Å². The summed E-state index contributed by atoms with van der Waals surface area (Å²) in [7, 11) is -2.49. The molecule has 0 amide bonds. The van der Waals surface area contributed by atoms with Gasteiger partial charge in [-0.15, -0.1) is 0 Å². The van der Waals surface area contributed by atoms with Crippen LogP contribution in [0.4, 0.5) is 0 Å². The molecule has 0 aromatic rings. The van der Waals surface area contributed by atoms with Gasteiger partial charge in [-0.05, 0) is 19.8 Å². The molecule has 0 aromatic heterocycles. The number of rotatable bonds is 6. The van der Waals surface area contributed by atoms with E-state index >= 15 is 0 Å². The van der Waals surface area contributed by atoms with E-state index in [4.69, 9.17) is 0 Å². The fourth-order valence-corrected chi connectivity index (χ4v) is 3.84. The normalized spacial score (nSPS) is 20.4. The third-order valence-corrected chi connectivity index (χ3v) is 4.96. The summed E-state index contributed by atoms with van der Waals surface area (Å²) >= 11 is 0. The zero-order valence-electron chi connectivity index (χ0n) is 11.8. The maximum atomic E-state index is 12.2. The summed E-state index contributed by atoms with van der Waals surface area (Å²) in [6, 6.07) is -0.435. The number of sulfonamides is 1. The van der Waals surface area contributed by atoms with Crippen molar-refractivity contribution in [2.45, 2.75) is 38.6 Å². The minimum absolute atomic E-state index is 0.0125. The van der Waals surface area contributed by atoms with E-state index in [1.165, 1.54) is 11.4 Å². The average Bonchev–Trinajstić information content (AvgIpc) is 2.38. The summed E-state index contributed by atoms with van der Waals surface area (Å²) in [5, 5.41) is 0. The summed E-state index contributed by atoms with van der Waals surface area (Å²) in [5.74, 6) is -1.90. The average molecular weight is 307 g/mol. The number of methoxy groups -OCH3 is 1. The second kappa shape index (κ2) is 7.58. The zero-order valence-corrected chi connectivity index (χ0v) is 12.6. The predicted octanol–water partition coefficient (Wildman–Crippen LogP) is 0.297. The lowest BCUT2D eigenvalue weighted by Gasteiger charge is -2.33. The predicted molar refractivity (Wildman–Crippen MR) is 71.4 cm³/mol. The summed E-state index contributed by atoms with van der Waals surface area (Å²) in [6.45, 7) is 2.08. The van der Waals surface area contributed by atoms with Crippen LogP contribution in [-0.4, -0.2) is 56.7 Å². The maximum Gasteiger partial charge on any atom is 0.322 e. The van der Waals surface area contributed by atoms with Gasteiger partial charge in [-0.2, -0.15) is 4.31 Å². The molecule has 0 saturated carbocycles. The summed E-state index contributed by atoms with van der Waals surface area (Å²) in [6.07, 6.45) is 2.18. The van der Waals surface area contributed by atoms with Crippen molar-refractivity contribution in [3.8, 4) is 0 Å². The first kappa shape index (κ1) is 16.9. The first-order valence-electron chi connectivity index (χ1n) is 6.62. The number of esters is 2. The smallest absolute Gasteiger partial charge is 0.322 e. The second-order valence-corrected chi connectivity index (χ2v) is 6.52. The van der Waals surface area contributed by atoms with Crippen LogP contribution in [0.3, 0.4) is 0 Å². The molecule has 0 spiro atoms. The molecule has 0 aliphatic carbocycles. The quantitative estimate of drug-likeness (QED) is 0.655. The standard InChI is InChI=1S/C12H21NO6S/c1-3-19-12(15)9-20(16,17)13-7-5-4-6-10(13)8-11(14)18-2/h10H,3-9H2,1-2H3. The summed E-state index contributed by atoms with van der Waals surface area (Å²) in [4.78, 5) is 22.7. The van der Waals surface area contributed by atoms with Crippen molar-refractivity contribution in [1.82, 2.24) is 4.31 Å². The Hall–Kier alpha value is -1.15. The van der Waals surface area contributed by atoms with Gasteiger partial charge in [-0.3, -0.25) is 9.59 Å². The van der Waals surface area contributed by atoms with E-state index in [0.29, 0.717) is 13.0 Å². The van der Waals surface area contributed by atoms with Crippen LogP contribution in [0.5, 0.6) is 0 Å². The molecular weight excluding hydrogens is 286 g/mol. The third kappa shape index (κ3) is 4.75. The molecule has 0 aromatic carbocycles. The molecule has 1 heterocycles. The van der Waals surface area contributed by atoms with Crippen LogP contribution in [0.15, 0.2) is 0 Å². The van der Waals surface area contributed by atoms with Gasteiger partial charge in [0.05, 0.1) is 20.1 Å². The lowest BCUT2D eigenvalue weighted by Crippen LogP contribution is -2.46. The van der Waals surface area contributed by atoms with E-state index in [0.717, 1.165) is 12.8 Å². The van der Waals surface area contributed by atoms with Crippen LogP contribution < -0.4 is 0 Å². The highest BCUT2D eigenvalue weighted by Gasteiger charge is 2.35. The molecule has 7 nitrogen and oxygen atoms in total. The first-order valence-corrected chi connectivity index (χ1v) is 8.23. The van der Waals surface area contributed by atoms with Crippen molar-refractivity contribution < 1.29 is 27.5 Å². The highest BCUT2D eigenvalue weighted by atomic mass is 32.2. The van der Waals surface area contributed by atoms with Crippen LogP contribution in [-0.2, 0) is 29.1 Å². The molecule has 1 aliphatic rings. The van der Waals surface area contributed by atoms with Crippen molar-refractivity contribution in [2.75, 3.05) is 26.0 Å². The number of carbonyl (C=O) groups excluding carboxylic acids is 2. The summed E-state index contributed by atoms with van der Waals surface area (Å²) in [5.41, 5.74) is 0. The number of hydrogen-bond acceptors (Lipinski definition) is 6. The number of piperidine rings is 1. The minimum Gasteiger partial charge on any atom is -0.469 e. The minimum atomic E-state index is -3.76. The van der Waals surface area contributed by atoms with Crippen LogP contribution in [0.25, 0.3) is 0 Å². The third-order valence-electron chi connectivity index (χ3n) is 3.17. The molecule has 1 aliphatic heterocycles. The molecule has 1 rings (SSSR count). The second-order valence-electron chi connectivity index (χ2n) is 4.60. The molecule has 0 radical (unpaired) electrons. The number of nitrogens with zero attached hydrogens (tertiary/aromatic N) is 1. The largest absolute Gasteiger partial charge is 0.469 e. The van der Waals surface area contributed by atoms with Crippen LogP contribution >= 0.6 is 0 Å². The number of carbonyl (C=O) groups is 2. The fourth-order valence-electron chi connectivity index (χ4n) is 2.25. The Morgan fingerprint density at radius 1 is 1.25 bits per heavy atom. The van der Waals surface area contributed by atoms with Gasteiger partial charge in [0, 0.05) is 12.6 Å². The molecule has 116 valence electrons. The molecule has 0 N–H and O–H groups in total. The molecule has 1 saturated heterocycles. The highest BCUT2D eigenvalue weighted by molar-refractivity contribution is 7.89. The Labute approximate surface area is 119 Å². The summed E-state index contributed by atoms with van der Waals surface area (Å²) < 4.78 is 34.9. The van der Waals surface area contributed by atoms with E-state index in [-0.39, 0.29) is 13.0 Å². The van der Waals surface area contributed by atoms with E-state index in [2.05, 4.69) is 9.47 Å². The highest BCUT2D eigenvalue weighted by Crippen LogP contribution is 2.23. The molecule has 1 fully saturated rings. The van der Waals surface area contributed by atoms with Crippen molar-refractivity contribution >= 4 is 22.0 Å². The van der Waals surface area contributed by atoms with E-state index in [1.807, 2.05) is 0 Å². The Balaban J connectivity index is 2.77. The molecular formula is C12H21NO6S. The lowest BCUT2D eigenvalue weighted by atomic mass is 10.0. The zero-order chi connectivity index (χ0) is 15.2. The van der Waals surface area contributed by atoms with E-state index in [9.17, 15) is 18.0 Å². The fraction of sp³-hybridized carbons (Fsp3) is 0.833. The van der Waals surface area contributed by atoms with Crippen molar-refractivity contribution in [2.24, 2.45) is 0 Å². The van der Waals surface area contributed by atoms with Crippen LogP contribution in [0, 0.1) is 0 Å². The Bertz CT molecular complexity index is 447. The van der Waals surface area contributed by atoms with Gasteiger partial charge < -0.3 is 9.47 Å². The molecule has 8 heteroatoms. The monoisotopic (exact) mass is 307 g/mol.